The van der Waals surface area contributed by atoms with Gasteiger partial charge in [-0.1, -0.05) is 24.3 Å². The van der Waals surface area contributed by atoms with Gasteiger partial charge in [-0.2, -0.15) is 0 Å². The van der Waals surface area contributed by atoms with Crippen LogP contribution >= 0.6 is 0 Å². The predicted octanol–water partition coefficient (Wildman–Crippen LogP) is 4.33. The number of carbonyl (C=O) groups excluding carboxylic acids is 1. The molecule has 3 aromatic carbocycles. The highest BCUT2D eigenvalue weighted by atomic mass is 32.2. The summed E-state index contributed by atoms with van der Waals surface area (Å²) < 4.78 is 41.4. The number of aryl methyl sites for hydroxylation is 1. The van der Waals surface area contributed by atoms with Crippen molar-refractivity contribution in [2.45, 2.75) is 24.8 Å². The third-order valence-corrected chi connectivity index (χ3v) is 6.19. The summed E-state index contributed by atoms with van der Waals surface area (Å²) in [5.74, 6) is -0.884. The molecule has 3 rings (SSSR count). The Bertz CT molecular complexity index is 1280. The van der Waals surface area contributed by atoms with Gasteiger partial charge in [-0.05, 0) is 50.2 Å². The highest BCUT2D eigenvalue weighted by Gasteiger charge is 2.20. The first kappa shape index (κ1) is 22.9. The highest BCUT2D eigenvalue weighted by molar-refractivity contribution is 7.92. The molecule has 10 heteroatoms. The van der Waals surface area contributed by atoms with Crippen LogP contribution in [0.15, 0.2) is 71.6 Å². The Morgan fingerprint density at radius 1 is 1.06 bits per heavy atom. The number of nitrogens with one attached hydrogen (secondary N) is 2. The Morgan fingerprint density at radius 3 is 2.34 bits per heavy atom. The van der Waals surface area contributed by atoms with Crippen LogP contribution in [0.2, 0.25) is 0 Å². The van der Waals surface area contributed by atoms with E-state index in [4.69, 9.17) is 0 Å². The Hall–Kier alpha value is -3.79. The molecule has 0 heterocycles. The summed E-state index contributed by atoms with van der Waals surface area (Å²) in [5.41, 5.74) is 0.809. The summed E-state index contributed by atoms with van der Waals surface area (Å²) in [4.78, 5) is 22.6. The zero-order valence-corrected chi connectivity index (χ0v) is 18.0. The molecule has 0 aliphatic heterocycles. The van der Waals surface area contributed by atoms with Crippen molar-refractivity contribution >= 4 is 27.3 Å². The van der Waals surface area contributed by atoms with Gasteiger partial charge in [0.1, 0.15) is 5.82 Å². The maximum Gasteiger partial charge on any atom is 0.273 e. The number of sulfonamides is 1. The molecule has 0 saturated carbocycles. The molecule has 0 aliphatic rings. The van der Waals surface area contributed by atoms with E-state index in [-0.39, 0.29) is 21.8 Å². The normalized spacial score (nSPS) is 12.1. The molecule has 32 heavy (non-hydrogen) atoms. The molecule has 0 aromatic heterocycles. The van der Waals surface area contributed by atoms with Gasteiger partial charge in [-0.25, -0.2) is 12.8 Å². The van der Waals surface area contributed by atoms with E-state index in [1.54, 1.807) is 25.1 Å². The molecule has 166 valence electrons. The first-order valence-corrected chi connectivity index (χ1v) is 11.0. The minimum Gasteiger partial charge on any atom is -0.345 e. The number of nitrogens with zero attached hydrogens (tertiary/aromatic N) is 1. The Kier molecular flexibility index (Phi) is 6.54. The van der Waals surface area contributed by atoms with E-state index in [1.807, 2.05) is 0 Å². The van der Waals surface area contributed by atoms with Gasteiger partial charge in [-0.3, -0.25) is 19.6 Å². The molecule has 1 amide bonds. The van der Waals surface area contributed by atoms with Crippen LogP contribution in [-0.2, 0) is 10.0 Å². The lowest BCUT2D eigenvalue weighted by Gasteiger charge is -2.15. The molecular weight excluding hydrogens is 437 g/mol. The van der Waals surface area contributed by atoms with Gasteiger partial charge in [0.05, 0.1) is 15.9 Å². The quantitative estimate of drug-likeness (QED) is 0.404. The van der Waals surface area contributed by atoms with Crippen LogP contribution in [0.4, 0.5) is 15.8 Å². The fourth-order valence-corrected chi connectivity index (χ4v) is 4.12. The number of nitro benzene ring substituents is 1. The van der Waals surface area contributed by atoms with Gasteiger partial charge in [0.25, 0.3) is 21.6 Å². The van der Waals surface area contributed by atoms with Crippen molar-refractivity contribution in [3.8, 4) is 0 Å². The van der Waals surface area contributed by atoms with Gasteiger partial charge in [0.2, 0.25) is 0 Å². The van der Waals surface area contributed by atoms with Crippen LogP contribution in [0.1, 0.15) is 34.5 Å². The minimum atomic E-state index is -4.08. The summed E-state index contributed by atoms with van der Waals surface area (Å²) in [5, 5.41) is 13.8. The van der Waals surface area contributed by atoms with Crippen molar-refractivity contribution in [2.75, 3.05) is 4.72 Å². The first-order valence-electron chi connectivity index (χ1n) is 9.51. The van der Waals surface area contributed by atoms with Gasteiger partial charge in [0, 0.05) is 28.4 Å². The van der Waals surface area contributed by atoms with Crippen molar-refractivity contribution in [2.24, 2.45) is 0 Å². The zero-order valence-electron chi connectivity index (χ0n) is 17.2. The van der Waals surface area contributed by atoms with E-state index in [0.717, 1.165) is 6.07 Å². The van der Waals surface area contributed by atoms with E-state index >= 15 is 0 Å². The molecule has 0 unspecified atom stereocenters. The van der Waals surface area contributed by atoms with Crippen molar-refractivity contribution < 1.29 is 22.5 Å². The van der Waals surface area contributed by atoms with E-state index < -0.39 is 32.7 Å². The summed E-state index contributed by atoms with van der Waals surface area (Å²) >= 11 is 0. The number of nitro groups is 1. The molecule has 0 bridgehead atoms. The van der Waals surface area contributed by atoms with Gasteiger partial charge >= 0.3 is 0 Å². The lowest BCUT2D eigenvalue weighted by molar-refractivity contribution is -0.385. The standard InChI is InChI=1S/C22H20FN3O5S/c1-14-7-12-18(13-21(14)26(28)29)32(30,31)25-17-10-8-16(9-11-17)22(27)24-15(2)19-5-3-4-6-20(19)23/h3-13,15,25H,1-2H3,(H,24,27)/t15-/m1/s1. The van der Waals surface area contributed by atoms with Gasteiger partial charge in [-0.15, -0.1) is 0 Å². The molecule has 2 N–H and O–H groups in total. The summed E-state index contributed by atoms with van der Waals surface area (Å²) in [7, 11) is -4.08. The van der Waals surface area contributed by atoms with Crippen molar-refractivity contribution in [3.63, 3.8) is 0 Å². The molecule has 8 nitrogen and oxygen atoms in total. The number of halogens is 1. The van der Waals surface area contributed by atoms with Crippen LogP contribution in [0.3, 0.4) is 0 Å². The van der Waals surface area contributed by atoms with Crippen LogP contribution in [0, 0.1) is 22.9 Å². The Morgan fingerprint density at radius 2 is 1.72 bits per heavy atom. The number of anilines is 1. The van der Waals surface area contributed by atoms with Crippen LogP contribution < -0.4 is 10.0 Å². The highest BCUT2D eigenvalue weighted by Crippen LogP contribution is 2.24. The lowest BCUT2D eigenvalue weighted by Crippen LogP contribution is -2.27. The summed E-state index contributed by atoms with van der Waals surface area (Å²) in [6.07, 6.45) is 0. The molecule has 1 atom stereocenters. The monoisotopic (exact) mass is 457 g/mol. The molecular formula is C22H20FN3O5S. The van der Waals surface area contributed by atoms with E-state index in [0.29, 0.717) is 11.1 Å². The summed E-state index contributed by atoms with van der Waals surface area (Å²) in [6, 6.07) is 14.8. The number of benzene rings is 3. The molecule has 0 spiro atoms. The lowest BCUT2D eigenvalue weighted by atomic mass is 10.1. The van der Waals surface area contributed by atoms with Crippen LogP contribution in [0.25, 0.3) is 0 Å². The molecule has 3 aromatic rings. The van der Waals surface area contributed by atoms with Crippen LogP contribution in [-0.4, -0.2) is 19.2 Å². The zero-order chi connectivity index (χ0) is 23.5. The third-order valence-electron chi connectivity index (χ3n) is 4.81. The number of hydrogen-bond acceptors (Lipinski definition) is 5. The SMILES string of the molecule is Cc1ccc(S(=O)(=O)Nc2ccc(C(=O)N[C@H](C)c3ccccc3F)cc2)cc1[N+](=O)[O-]. The summed E-state index contributed by atoms with van der Waals surface area (Å²) in [6.45, 7) is 3.17. The van der Waals surface area contributed by atoms with Crippen molar-refractivity contribution in [3.05, 3.63) is 99.4 Å². The largest absolute Gasteiger partial charge is 0.345 e. The minimum absolute atomic E-state index is 0.173. The van der Waals surface area contributed by atoms with Gasteiger partial charge in [0.15, 0.2) is 0 Å². The fraction of sp³-hybridized carbons (Fsp3) is 0.136. The predicted molar refractivity (Wildman–Crippen MR) is 117 cm³/mol. The maximum atomic E-state index is 13.9. The first-order chi connectivity index (χ1) is 15.1. The fourth-order valence-electron chi connectivity index (χ4n) is 3.04. The maximum absolute atomic E-state index is 13.9. The van der Waals surface area contributed by atoms with Crippen LogP contribution in [0.5, 0.6) is 0 Å². The smallest absolute Gasteiger partial charge is 0.273 e. The average molecular weight is 457 g/mol. The van der Waals surface area contributed by atoms with Crippen molar-refractivity contribution in [1.82, 2.24) is 5.32 Å². The number of carbonyl (C=O) groups is 1. The molecule has 0 fully saturated rings. The van der Waals surface area contributed by atoms with Crippen molar-refractivity contribution in [1.29, 1.82) is 0 Å². The average Bonchev–Trinajstić information content (AvgIpc) is 2.74. The number of rotatable bonds is 7. The van der Waals surface area contributed by atoms with E-state index in [1.165, 1.54) is 49.4 Å². The second-order valence-corrected chi connectivity index (χ2v) is 8.79. The van der Waals surface area contributed by atoms with E-state index in [2.05, 4.69) is 10.0 Å². The molecule has 0 saturated heterocycles. The Balaban J connectivity index is 1.73. The number of hydrogen-bond donors (Lipinski definition) is 2. The second-order valence-electron chi connectivity index (χ2n) is 7.10. The molecule has 0 radical (unpaired) electrons. The topological polar surface area (TPSA) is 118 Å². The second kappa shape index (κ2) is 9.15. The third kappa shape index (κ3) is 5.09. The number of amides is 1. The molecule has 0 aliphatic carbocycles. The van der Waals surface area contributed by atoms with E-state index in [9.17, 15) is 27.7 Å². The van der Waals surface area contributed by atoms with Gasteiger partial charge < -0.3 is 5.32 Å². The Labute approximate surface area is 184 Å².